The van der Waals surface area contributed by atoms with Gasteiger partial charge in [-0.2, -0.15) is 0 Å². The van der Waals surface area contributed by atoms with Crippen LogP contribution < -0.4 is 0 Å². The average molecular weight is 715 g/mol. The third kappa shape index (κ3) is 21.4. The molecule has 0 N–H and O–H groups in total. The van der Waals surface area contributed by atoms with Crippen LogP contribution >= 0.6 is 0 Å². The first kappa shape index (κ1) is 31.2. The second-order valence-corrected chi connectivity index (χ2v) is 5.69. The summed E-state index contributed by atoms with van der Waals surface area (Å²) in [5, 5.41) is 0. The Labute approximate surface area is 190 Å². The van der Waals surface area contributed by atoms with Crippen molar-refractivity contribution in [3.63, 3.8) is 0 Å². The van der Waals surface area contributed by atoms with Crippen molar-refractivity contribution >= 4 is 4.40 Å². The van der Waals surface area contributed by atoms with Crippen molar-refractivity contribution in [2.24, 2.45) is 5.92 Å². The molecule has 1 radical (unpaired) electrons. The molecule has 1 atom stereocenters. The topological polar surface area (TPSA) is 0 Å². The van der Waals surface area contributed by atoms with E-state index >= 15 is 0 Å². The maximum atomic E-state index is 5.40. The van der Waals surface area contributed by atoms with E-state index in [0.717, 1.165) is 19.3 Å². The summed E-state index contributed by atoms with van der Waals surface area (Å²) >= 11 is 1.48. The van der Waals surface area contributed by atoms with Gasteiger partial charge in [-0.25, -0.2) is 0 Å². The molecule has 0 aliphatic heterocycles. The molecule has 0 fully saturated rings. The van der Waals surface area contributed by atoms with Gasteiger partial charge in [0.25, 0.3) is 0 Å². The van der Waals surface area contributed by atoms with Crippen molar-refractivity contribution in [2.45, 2.75) is 51.9 Å². The van der Waals surface area contributed by atoms with E-state index < -0.39 is 0 Å². The molecular weight excluding hydrogens is 685 g/mol. The Morgan fingerprint density at radius 2 is 2.05 bits per heavy atom. The van der Waals surface area contributed by atoms with E-state index in [9.17, 15) is 0 Å². The average Bonchev–Trinajstić information content (AvgIpc) is 2.42. The second-order valence-electron chi connectivity index (χ2n) is 4.84. The molecule has 0 aromatic rings. The molecule has 1 unspecified atom stereocenters. The molecule has 0 saturated carbocycles. The molecular formula is C19H30W2Y-2. The van der Waals surface area contributed by atoms with Gasteiger partial charge in [0.15, 0.2) is 0 Å². The minimum Gasteiger partial charge on any atom is -0.358 e. The molecule has 0 bridgehead atoms. The van der Waals surface area contributed by atoms with E-state index in [0.29, 0.717) is 5.92 Å². The zero-order valence-corrected chi connectivity index (χ0v) is 22.9. The molecule has 0 aromatic carbocycles. The molecule has 22 heavy (non-hydrogen) atoms. The van der Waals surface area contributed by atoms with Gasteiger partial charge in [-0.1, -0.05) is 13.3 Å². The van der Waals surface area contributed by atoms with Gasteiger partial charge in [-0.05, 0) is 0 Å². The van der Waals surface area contributed by atoms with E-state index in [1.54, 1.807) is 6.08 Å². The van der Waals surface area contributed by atoms with Gasteiger partial charge < -0.3 is 7.43 Å². The zero-order chi connectivity index (χ0) is 14.3. The monoisotopic (exact) mass is 715 g/mol. The summed E-state index contributed by atoms with van der Waals surface area (Å²) in [7, 11) is 0. The van der Waals surface area contributed by atoms with Crippen LogP contribution in [-0.4, -0.2) is 4.40 Å². The zero-order valence-electron chi connectivity index (χ0n) is 14.2. The van der Waals surface area contributed by atoms with Gasteiger partial charge in [0.2, 0.25) is 0 Å². The van der Waals surface area contributed by atoms with Crippen LogP contribution in [-0.2, 0) is 73.1 Å². The van der Waals surface area contributed by atoms with Gasteiger partial charge >= 0.3 is 139 Å². The molecule has 123 valence electrons. The Hall–Kier alpha value is 1.44. The normalized spacial score (nSPS) is 11.6. The van der Waals surface area contributed by atoms with E-state index in [-0.39, 0.29) is 61.2 Å². The molecule has 0 aromatic heterocycles. The Morgan fingerprint density at radius 3 is 2.59 bits per heavy atom. The quantitative estimate of drug-likeness (QED) is 0.139. The van der Waals surface area contributed by atoms with Crippen molar-refractivity contribution in [3.8, 4) is 0 Å². The van der Waals surface area contributed by atoms with E-state index in [4.69, 9.17) is 6.58 Å². The van der Waals surface area contributed by atoms with Crippen molar-refractivity contribution in [1.82, 2.24) is 0 Å². The van der Waals surface area contributed by atoms with Gasteiger partial charge in [0.1, 0.15) is 0 Å². The summed E-state index contributed by atoms with van der Waals surface area (Å²) in [5.41, 5.74) is 1.33. The number of rotatable bonds is 12. The van der Waals surface area contributed by atoms with Crippen LogP contribution in [0.1, 0.15) is 51.9 Å². The summed E-state index contributed by atoms with van der Waals surface area (Å²) in [6.45, 7) is 11.8. The summed E-state index contributed by atoms with van der Waals surface area (Å²) in [4.78, 5) is 0. The molecule has 0 amide bonds. The van der Waals surface area contributed by atoms with Crippen LogP contribution in [0.25, 0.3) is 0 Å². The van der Waals surface area contributed by atoms with Gasteiger partial charge in [-0.15, -0.1) is 0 Å². The van der Waals surface area contributed by atoms with Crippen LogP contribution in [0.5, 0.6) is 0 Å². The van der Waals surface area contributed by atoms with Crippen LogP contribution in [0.2, 0.25) is 0 Å². The maximum absolute atomic E-state index is 5.40. The summed E-state index contributed by atoms with van der Waals surface area (Å²) in [6.07, 6.45) is 18.7. The SMILES string of the molecule is [CH-]=C/C=C(\[CH]=[W])CCC=C[CH-]CCC([CH2-])CCCC.[CH3-].[W+2].[Y]. The molecule has 0 nitrogen and oxygen atoms in total. The third-order valence-electron chi connectivity index (χ3n) is 3.04. The fraction of sp³-hybridized carbons (Fsp3) is 0.474. The smallest absolute Gasteiger partial charge is 0.358 e. The van der Waals surface area contributed by atoms with E-state index in [1.807, 2.05) is 6.08 Å². The minimum absolute atomic E-state index is 0. The molecule has 0 spiro atoms. The molecule has 0 aliphatic carbocycles. The Bertz CT molecular complexity index is 296. The van der Waals surface area contributed by atoms with Gasteiger partial charge in [0.05, 0.1) is 0 Å². The number of hydrogen-bond donors (Lipinski definition) is 0. The van der Waals surface area contributed by atoms with Crippen molar-refractivity contribution in [3.05, 3.63) is 57.2 Å². The first-order chi connectivity index (χ1) is 9.24. The van der Waals surface area contributed by atoms with Crippen LogP contribution in [0.15, 0.2) is 29.9 Å². The van der Waals surface area contributed by atoms with E-state index in [2.05, 4.69) is 36.8 Å². The molecule has 0 heterocycles. The summed E-state index contributed by atoms with van der Waals surface area (Å²) < 4.78 is 2.20. The Balaban J connectivity index is -0.000000540. The second kappa shape index (κ2) is 24.7. The Morgan fingerprint density at radius 1 is 1.36 bits per heavy atom. The van der Waals surface area contributed by atoms with Gasteiger partial charge in [-0.3, -0.25) is 0 Å². The molecule has 0 aliphatic rings. The standard InChI is InChI=1S/C18H27.CH3.2W.Y/c1-5-7-14-18(4)16-12-10-8-9-11-15-17(3)13-6-2;;;;/h2-3,6,8-10,13,18H,4-5,7,11-12,14-16H2,1H3;1H3;;;/q-3;-1;;+2;/b9-8?,17-13+;;;;. The Kier molecular flexibility index (Phi) is 35.1. The predicted octanol–water partition coefficient (Wildman–Crippen LogP) is 5.66. The number of hydrogen-bond acceptors (Lipinski definition) is 0. The molecule has 0 saturated heterocycles. The predicted molar refractivity (Wildman–Crippen MR) is 89.7 cm³/mol. The summed E-state index contributed by atoms with van der Waals surface area (Å²) in [6, 6.07) is 0. The molecule has 3 heteroatoms. The van der Waals surface area contributed by atoms with Crippen molar-refractivity contribution < 1.29 is 73.1 Å². The van der Waals surface area contributed by atoms with Crippen LogP contribution in [0.3, 0.4) is 0 Å². The molecule has 0 rings (SSSR count). The third-order valence-corrected chi connectivity index (χ3v) is 4.13. The minimum atomic E-state index is 0. The van der Waals surface area contributed by atoms with Crippen molar-refractivity contribution in [1.29, 1.82) is 0 Å². The van der Waals surface area contributed by atoms with Crippen LogP contribution in [0, 0.1) is 33.3 Å². The number of unbranched alkanes of at least 4 members (excludes halogenated alkanes) is 2. The fourth-order valence-corrected chi connectivity index (χ4v) is 2.52. The first-order valence-electron chi connectivity index (χ1n) is 7.25. The van der Waals surface area contributed by atoms with Crippen LogP contribution in [0.4, 0.5) is 0 Å². The summed E-state index contributed by atoms with van der Waals surface area (Å²) in [5.74, 6) is 0.622. The van der Waals surface area contributed by atoms with Crippen molar-refractivity contribution in [2.75, 3.05) is 0 Å². The van der Waals surface area contributed by atoms with Gasteiger partial charge in [0, 0.05) is 32.7 Å². The van der Waals surface area contributed by atoms with E-state index in [1.165, 1.54) is 50.6 Å². The first-order valence-corrected chi connectivity index (χ1v) is 8.94. The number of allylic oxidation sites excluding steroid dienone is 5. The fourth-order valence-electron chi connectivity index (χ4n) is 1.81.